The Morgan fingerprint density at radius 1 is 0.593 bits per heavy atom. The number of hydrogen-bond acceptors (Lipinski definition) is 7. The molecule has 0 spiro atoms. The Balaban J connectivity index is 1.58. The van der Waals surface area contributed by atoms with E-state index >= 15 is 4.79 Å². The molecule has 0 amide bonds. The van der Waals surface area contributed by atoms with Gasteiger partial charge in [-0.25, -0.2) is 0 Å². The molecule has 0 aliphatic carbocycles. The minimum Gasteiger partial charge on any atom is -0.497 e. The predicted molar refractivity (Wildman–Crippen MR) is 235 cm³/mol. The minimum absolute atomic E-state index is 0.131. The van der Waals surface area contributed by atoms with Gasteiger partial charge in [0.25, 0.3) is 0 Å². The molecule has 2 heterocycles. The molecule has 0 radical (unpaired) electrons. The van der Waals surface area contributed by atoms with Gasteiger partial charge in [0, 0.05) is 33.8 Å². The van der Waals surface area contributed by atoms with Gasteiger partial charge in [-0.3, -0.25) is 4.79 Å². The summed E-state index contributed by atoms with van der Waals surface area (Å²) in [5.41, 5.74) is 7.57. The van der Waals surface area contributed by atoms with Crippen molar-refractivity contribution in [3.8, 4) is 56.8 Å². The van der Waals surface area contributed by atoms with Gasteiger partial charge in [-0.1, -0.05) is 48.5 Å². The average Bonchev–Trinajstić information content (AvgIpc) is 3.81. The molecular weight excluding hydrogens is 741 g/mol. The van der Waals surface area contributed by atoms with Gasteiger partial charge in [-0.05, 0) is 111 Å². The number of para-hydroxylation sites is 1. The van der Waals surface area contributed by atoms with Crippen molar-refractivity contribution < 1.29 is 33.2 Å². The van der Waals surface area contributed by atoms with Crippen LogP contribution in [0.1, 0.15) is 42.4 Å². The van der Waals surface area contributed by atoms with Gasteiger partial charge in [0.2, 0.25) is 5.78 Å². The van der Waals surface area contributed by atoms with Crippen LogP contribution in [0, 0.1) is 0 Å². The van der Waals surface area contributed by atoms with Gasteiger partial charge in [-0.15, -0.1) is 0 Å². The molecule has 6 aromatic carbocycles. The van der Waals surface area contributed by atoms with E-state index in [-0.39, 0.29) is 5.78 Å². The minimum atomic E-state index is -0.462. The van der Waals surface area contributed by atoms with Gasteiger partial charge < -0.3 is 38.0 Å². The van der Waals surface area contributed by atoms with Crippen molar-refractivity contribution in [2.45, 2.75) is 39.3 Å². The van der Waals surface area contributed by atoms with Crippen LogP contribution >= 0.6 is 0 Å². The van der Waals surface area contributed by atoms with Crippen molar-refractivity contribution in [1.29, 1.82) is 0 Å². The number of nitrogens with one attached hydrogen (secondary N) is 1. The summed E-state index contributed by atoms with van der Waals surface area (Å²) in [7, 11) is 8.29. The molecule has 0 bridgehead atoms. The van der Waals surface area contributed by atoms with E-state index < -0.39 is 5.60 Å². The maximum Gasteiger partial charge on any atom is 0.210 e. The predicted octanol–water partition coefficient (Wildman–Crippen LogP) is 11.3. The Morgan fingerprint density at radius 3 is 1.64 bits per heavy atom. The van der Waals surface area contributed by atoms with E-state index in [2.05, 4.69) is 27.8 Å². The molecule has 9 nitrogen and oxygen atoms in total. The van der Waals surface area contributed by atoms with Crippen LogP contribution in [-0.2, 0) is 13.0 Å². The highest BCUT2D eigenvalue weighted by atomic mass is 16.5. The molecule has 0 aliphatic rings. The van der Waals surface area contributed by atoms with E-state index in [1.807, 2.05) is 118 Å². The second-order valence-corrected chi connectivity index (χ2v) is 15.4. The van der Waals surface area contributed by atoms with Crippen molar-refractivity contribution in [2.75, 3.05) is 35.5 Å². The van der Waals surface area contributed by atoms with Crippen molar-refractivity contribution in [3.05, 3.63) is 132 Å². The smallest absolute Gasteiger partial charge is 0.210 e. The van der Waals surface area contributed by atoms with Crippen molar-refractivity contribution in [1.82, 2.24) is 9.55 Å². The van der Waals surface area contributed by atoms with E-state index in [1.165, 1.54) is 0 Å². The Labute approximate surface area is 344 Å². The highest BCUT2D eigenvalue weighted by molar-refractivity contribution is 6.32. The monoisotopic (exact) mass is 788 g/mol. The van der Waals surface area contributed by atoms with Crippen LogP contribution in [-0.4, -0.2) is 56.5 Å². The average molecular weight is 789 g/mol. The van der Waals surface area contributed by atoms with Crippen LogP contribution in [0.25, 0.3) is 55.0 Å². The lowest BCUT2D eigenvalue weighted by molar-refractivity contribution is 0.103. The van der Waals surface area contributed by atoms with Crippen LogP contribution in [0.15, 0.2) is 115 Å². The van der Waals surface area contributed by atoms with Gasteiger partial charge in [-0.2, -0.15) is 0 Å². The van der Waals surface area contributed by atoms with Gasteiger partial charge >= 0.3 is 0 Å². The zero-order chi connectivity index (χ0) is 41.4. The quantitative estimate of drug-likeness (QED) is 0.116. The topological polar surface area (TPSA) is 93.2 Å². The summed E-state index contributed by atoms with van der Waals surface area (Å²) >= 11 is 0. The normalized spacial score (nSPS) is 11.6. The first kappa shape index (κ1) is 39.0. The summed E-state index contributed by atoms with van der Waals surface area (Å²) in [6.45, 7) is 6.58. The molecule has 0 aliphatic heterocycles. The number of carbonyl (C=O) groups excluding carboxylic acids is 1. The van der Waals surface area contributed by atoms with Crippen LogP contribution in [0.5, 0.6) is 34.5 Å². The molecule has 0 fully saturated rings. The van der Waals surface area contributed by atoms with Gasteiger partial charge in [0.15, 0.2) is 5.75 Å². The summed E-state index contributed by atoms with van der Waals surface area (Å²) in [4.78, 5) is 19.3. The Kier molecular flexibility index (Phi) is 10.4. The van der Waals surface area contributed by atoms with Crippen LogP contribution in [0.2, 0.25) is 0 Å². The number of rotatable bonds is 13. The molecule has 0 saturated carbocycles. The fraction of sp³-hybridized carbons (Fsp3) is 0.220. The lowest BCUT2D eigenvalue weighted by atomic mass is 9.92. The second-order valence-electron chi connectivity index (χ2n) is 15.4. The zero-order valence-electron chi connectivity index (χ0n) is 34.7. The van der Waals surface area contributed by atoms with Crippen LogP contribution in [0.3, 0.4) is 0 Å². The highest BCUT2D eigenvalue weighted by Gasteiger charge is 2.33. The number of methoxy groups -OCH3 is 5. The van der Waals surface area contributed by atoms with Gasteiger partial charge in [0.1, 0.15) is 34.3 Å². The first-order valence-corrected chi connectivity index (χ1v) is 19.6. The van der Waals surface area contributed by atoms with E-state index in [4.69, 9.17) is 28.4 Å². The van der Waals surface area contributed by atoms with Gasteiger partial charge in [0.05, 0.1) is 63.4 Å². The number of ether oxygens (including phenoxy) is 6. The third kappa shape index (κ3) is 7.18. The molecule has 2 aromatic heterocycles. The summed E-state index contributed by atoms with van der Waals surface area (Å²) in [5.74, 6) is 4.10. The third-order valence-electron chi connectivity index (χ3n) is 10.7. The molecule has 300 valence electrons. The number of ketones is 1. The fourth-order valence-electron chi connectivity index (χ4n) is 8.03. The number of nitrogens with zero attached hydrogens (tertiary/aromatic N) is 1. The number of aromatic nitrogens is 2. The first-order valence-electron chi connectivity index (χ1n) is 19.6. The van der Waals surface area contributed by atoms with Crippen molar-refractivity contribution in [2.24, 2.45) is 0 Å². The lowest BCUT2D eigenvalue weighted by Gasteiger charge is -2.21. The standard InChI is InChI=1S/C50H48N2O7/c1-50(2,3)59-39-11-9-10-38-42-43-40(31-14-22-35(55-5)23-15-31)47(48(53)33-18-26-37(57-7)27-19-33)52(29-28-30-12-20-34(54-4)21-13-30)46(43)41(32-16-24-36(56-6)25-17-32)49(58-8)45(42)51-44(38)39/h9-27,51H,28-29H2,1-8H3. The molecule has 9 heteroatoms. The Hall–Kier alpha value is -6.87. The number of benzene rings is 6. The Morgan fingerprint density at radius 2 is 1.12 bits per heavy atom. The molecular formula is C50H48N2O7. The van der Waals surface area contributed by atoms with Crippen molar-refractivity contribution in [3.63, 3.8) is 0 Å². The SMILES string of the molecule is COc1ccc(CCn2c(C(=O)c3ccc(OC)cc3)c(-c3ccc(OC)cc3)c3c4c([nH]c5c(OC(C)(C)C)cccc54)c(OC)c(-c4ccc(OC)cc4)c32)cc1. The molecule has 0 saturated heterocycles. The summed E-state index contributed by atoms with van der Waals surface area (Å²) in [6, 6.07) is 37.4. The van der Waals surface area contributed by atoms with E-state index in [9.17, 15) is 0 Å². The largest absolute Gasteiger partial charge is 0.497 e. The van der Waals surface area contributed by atoms with E-state index in [0.29, 0.717) is 47.2 Å². The molecule has 0 atom stereocenters. The third-order valence-corrected chi connectivity index (χ3v) is 10.7. The summed E-state index contributed by atoms with van der Waals surface area (Å²) < 4.78 is 37.5. The summed E-state index contributed by atoms with van der Waals surface area (Å²) in [6.07, 6.45) is 0.624. The second kappa shape index (κ2) is 15.8. The lowest BCUT2D eigenvalue weighted by Crippen LogP contribution is -2.23. The van der Waals surface area contributed by atoms with Crippen molar-refractivity contribution >= 4 is 38.5 Å². The highest BCUT2D eigenvalue weighted by Crippen LogP contribution is 2.52. The molecule has 8 aromatic rings. The molecule has 59 heavy (non-hydrogen) atoms. The molecule has 1 N–H and O–H groups in total. The maximum absolute atomic E-state index is 15.5. The molecule has 8 rings (SSSR count). The number of fused-ring (bicyclic) bond motifs is 5. The van der Waals surface area contributed by atoms with E-state index in [1.54, 1.807) is 35.5 Å². The fourth-order valence-corrected chi connectivity index (χ4v) is 8.03. The Bertz CT molecular complexity index is 2790. The number of aromatic amines is 1. The maximum atomic E-state index is 15.5. The van der Waals surface area contributed by atoms with Crippen LogP contribution in [0.4, 0.5) is 0 Å². The molecule has 0 unspecified atom stereocenters. The first-order chi connectivity index (χ1) is 28.6. The number of aryl methyl sites for hydroxylation is 2. The number of H-pyrrole nitrogens is 1. The number of carbonyl (C=O) groups is 1. The summed E-state index contributed by atoms with van der Waals surface area (Å²) in [5, 5.41) is 2.76. The van der Waals surface area contributed by atoms with E-state index in [0.717, 1.165) is 72.0 Å². The van der Waals surface area contributed by atoms with Crippen LogP contribution < -0.4 is 28.4 Å². The zero-order valence-corrected chi connectivity index (χ0v) is 34.7. The number of hydrogen-bond donors (Lipinski definition) is 1.